The number of hydrogen-bond donors (Lipinski definition) is 0. The zero-order valence-electron chi connectivity index (χ0n) is 16.8. The molecule has 0 unspecified atom stereocenters. The van der Waals surface area contributed by atoms with E-state index >= 15 is 0 Å². The monoisotopic (exact) mass is 392 g/mol. The average molecular weight is 392 g/mol. The Bertz CT molecular complexity index is 1190. The number of ether oxygens (including phenoxy) is 2. The Balaban J connectivity index is 1.70. The lowest BCUT2D eigenvalue weighted by Gasteiger charge is -2.05. The van der Waals surface area contributed by atoms with Crippen molar-refractivity contribution in [2.45, 2.75) is 0 Å². The Labute approximate surface area is 175 Å². The highest BCUT2D eigenvalue weighted by molar-refractivity contribution is 6.61. The standard InChI is InChI=1S/C26H20N2O2/c1-29-20-13-9-18(10-14-20)27-25-22-7-3-5-17-6-4-8-23(24(17)22)26(25)28-19-11-15-21(30-2)16-12-19/h3-16H,1-2H3. The van der Waals surface area contributed by atoms with E-state index < -0.39 is 0 Å². The van der Waals surface area contributed by atoms with Crippen LogP contribution in [0.5, 0.6) is 11.5 Å². The topological polar surface area (TPSA) is 43.2 Å². The first-order chi connectivity index (χ1) is 14.8. The molecule has 0 fully saturated rings. The Hall–Kier alpha value is -3.92. The first-order valence-electron chi connectivity index (χ1n) is 9.75. The van der Waals surface area contributed by atoms with E-state index in [-0.39, 0.29) is 0 Å². The van der Waals surface area contributed by atoms with Crippen molar-refractivity contribution >= 4 is 33.6 Å². The molecule has 0 N–H and O–H groups in total. The van der Waals surface area contributed by atoms with Crippen molar-refractivity contribution in [2.75, 3.05) is 14.2 Å². The zero-order valence-corrected chi connectivity index (χ0v) is 16.8. The smallest absolute Gasteiger partial charge is 0.119 e. The summed E-state index contributed by atoms with van der Waals surface area (Å²) in [5.41, 5.74) is 5.68. The fourth-order valence-corrected chi connectivity index (χ4v) is 3.79. The molecule has 4 aromatic carbocycles. The highest BCUT2D eigenvalue weighted by Gasteiger charge is 2.27. The van der Waals surface area contributed by atoms with Crippen LogP contribution in [0, 0.1) is 0 Å². The SMILES string of the molecule is COc1ccc(N=C2C(=Nc3ccc(OC)cc3)c3cccc4cccc2c34)cc1. The molecule has 0 spiro atoms. The van der Waals surface area contributed by atoms with Gasteiger partial charge in [0.25, 0.3) is 0 Å². The Morgan fingerprint density at radius 3 is 1.37 bits per heavy atom. The third kappa shape index (κ3) is 3.12. The van der Waals surface area contributed by atoms with E-state index in [9.17, 15) is 0 Å². The molecule has 4 aromatic rings. The first kappa shape index (κ1) is 18.1. The van der Waals surface area contributed by atoms with Gasteiger partial charge in [0.05, 0.1) is 37.0 Å². The van der Waals surface area contributed by atoms with E-state index in [1.807, 2.05) is 48.5 Å². The predicted octanol–water partition coefficient (Wildman–Crippen LogP) is 6.11. The van der Waals surface area contributed by atoms with Crippen LogP contribution in [0.2, 0.25) is 0 Å². The molecule has 0 radical (unpaired) electrons. The van der Waals surface area contributed by atoms with E-state index in [1.54, 1.807) is 14.2 Å². The summed E-state index contributed by atoms with van der Waals surface area (Å²) in [6.45, 7) is 0. The molecule has 0 saturated carbocycles. The van der Waals surface area contributed by atoms with Gasteiger partial charge >= 0.3 is 0 Å². The summed E-state index contributed by atoms with van der Waals surface area (Å²) in [5, 5.41) is 2.38. The Kier molecular flexibility index (Phi) is 4.52. The lowest BCUT2D eigenvalue weighted by Crippen LogP contribution is -2.10. The fourth-order valence-electron chi connectivity index (χ4n) is 3.79. The van der Waals surface area contributed by atoms with Gasteiger partial charge in [-0.2, -0.15) is 0 Å². The van der Waals surface area contributed by atoms with Crippen molar-refractivity contribution < 1.29 is 9.47 Å². The largest absolute Gasteiger partial charge is 0.497 e. The molecule has 0 aromatic heterocycles. The normalized spacial score (nSPS) is 15.1. The number of aliphatic imine (C=N–C) groups is 2. The van der Waals surface area contributed by atoms with Gasteiger partial charge in [-0.15, -0.1) is 0 Å². The van der Waals surface area contributed by atoms with Gasteiger partial charge in [-0.3, -0.25) is 0 Å². The van der Waals surface area contributed by atoms with E-state index in [4.69, 9.17) is 19.5 Å². The Morgan fingerprint density at radius 1 is 0.533 bits per heavy atom. The van der Waals surface area contributed by atoms with Gasteiger partial charge in [0, 0.05) is 16.5 Å². The lowest BCUT2D eigenvalue weighted by molar-refractivity contribution is 0.415. The molecule has 5 rings (SSSR count). The van der Waals surface area contributed by atoms with Crippen LogP contribution in [-0.4, -0.2) is 25.6 Å². The van der Waals surface area contributed by atoms with Crippen LogP contribution >= 0.6 is 0 Å². The molecule has 4 nitrogen and oxygen atoms in total. The quantitative estimate of drug-likeness (QED) is 0.420. The van der Waals surface area contributed by atoms with Gasteiger partial charge in [0.1, 0.15) is 11.5 Å². The summed E-state index contributed by atoms with van der Waals surface area (Å²) in [4.78, 5) is 9.98. The van der Waals surface area contributed by atoms with E-state index in [1.165, 1.54) is 10.8 Å². The van der Waals surface area contributed by atoms with E-state index in [0.29, 0.717) is 0 Å². The molecule has 0 heterocycles. The van der Waals surface area contributed by atoms with E-state index in [0.717, 1.165) is 45.4 Å². The first-order valence-corrected chi connectivity index (χ1v) is 9.75. The van der Waals surface area contributed by atoms with Crippen LogP contribution in [0.3, 0.4) is 0 Å². The third-order valence-electron chi connectivity index (χ3n) is 5.27. The molecule has 0 amide bonds. The van der Waals surface area contributed by atoms with Crippen LogP contribution in [0.15, 0.2) is 94.9 Å². The van der Waals surface area contributed by atoms with Crippen molar-refractivity contribution in [2.24, 2.45) is 9.98 Å². The molecule has 146 valence electrons. The summed E-state index contributed by atoms with van der Waals surface area (Å²) in [6.07, 6.45) is 0. The van der Waals surface area contributed by atoms with Crippen molar-refractivity contribution in [3.05, 3.63) is 96.1 Å². The lowest BCUT2D eigenvalue weighted by atomic mass is 10.1. The average Bonchev–Trinajstić information content (AvgIpc) is 3.09. The summed E-state index contributed by atoms with van der Waals surface area (Å²) in [7, 11) is 3.32. The number of benzene rings is 4. The van der Waals surface area contributed by atoms with Crippen molar-refractivity contribution in [1.82, 2.24) is 0 Å². The van der Waals surface area contributed by atoms with Crippen LogP contribution in [0.4, 0.5) is 11.4 Å². The van der Waals surface area contributed by atoms with Gasteiger partial charge < -0.3 is 9.47 Å². The maximum atomic E-state index is 5.27. The molecule has 30 heavy (non-hydrogen) atoms. The second-order valence-corrected chi connectivity index (χ2v) is 7.03. The number of nitrogens with zero attached hydrogens (tertiary/aromatic N) is 2. The van der Waals surface area contributed by atoms with Gasteiger partial charge in [-0.25, -0.2) is 9.98 Å². The van der Waals surface area contributed by atoms with Gasteiger partial charge in [-0.05, 0) is 53.9 Å². The summed E-state index contributed by atoms with van der Waals surface area (Å²) >= 11 is 0. The molecular formula is C26H20N2O2. The fraction of sp³-hybridized carbons (Fsp3) is 0.0769. The third-order valence-corrected chi connectivity index (χ3v) is 5.27. The van der Waals surface area contributed by atoms with E-state index in [2.05, 4.69) is 36.4 Å². The second-order valence-electron chi connectivity index (χ2n) is 7.03. The molecule has 0 atom stereocenters. The van der Waals surface area contributed by atoms with Crippen molar-refractivity contribution in [1.29, 1.82) is 0 Å². The molecule has 4 heteroatoms. The van der Waals surface area contributed by atoms with Crippen molar-refractivity contribution in [3.8, 4) is 11.5 Å². The van der Waals surface area contributed by atoms with Crippen LogP contribution in [0.25, 0.3) is 10.8 Å². The second kappa shape index (κ2) is 7.48. The molecule has 0 aliphatic heterocycles. The molecule has 0 bridgehead atoms. The molecule has 1 aliphatic carbocycles. The van der Waals surface area contributed by atoms with Gasteiger partial charge in [0.15, 0.2) is 0 Å². The van der Waals surface area contributed by atoms with Crippen LogP contribution in [0.1, 0.15) is 11.1 Å². The van der Waals surface area contributed by atoms with Gasteiger partial charge in [-0.1, -0.05) is 36.4 Å². The minimum atomic E-state index is 0.808. The van der Waals surface area contributed by atoms with Crippen molar-refractivity contribution in [3.63, 3.8) is 0 Å². The van der Waals surface area contributed by atoms with Gasteiger partial charge in [0.2, 0.25) is 0 Å². The summed E-state index contributed by atoms with van der Waals surface area (Å²) in [5.74, 6) is 1.62. The maximum absolute atomic E-state index is 5.27. The summed E-state index contributed by atoms with van der Waals surface area (Å²) < 4.78 is 10.5. The number of rotatable bonds is 4. The Morgan fingerprint density at radius 2 is 0.967 bits per heavy atom. The molecule has 0 saturated heterocycles. The zero-order chi connectivity index (χ0) is 20.5. The molecular weight excluding hydrogens is 372 g/mol. The predicted molar refractivity (Wildman–Crippen MR) is 122 cm³/mol. The maximum Gasteiger partial charge on any atom is 0.119 e. The molecule has 1 aliphatic rings. The van der Waals surface area contributed by atoms with Crippen LogP contribution < -0.4 is 9.47 Å². The highest BCUT2D eigenvalue weighted by atomic mass is 16.5. The number of hydrogen-bond acceptors (Lipinski definition) is 4. The highest BCUT2D eigenvalue weighted by Crippen LogP contribution is 2.34. The van der Waals surface area contributed by atoms with Crippen LogP contribution in [-0.2, 0) is 0 Å². The number of methoxy groups -OCH3 is 2. The minimum absolute atomic E-state index is 0.808. The minimum Gasteiger partial charge on any atom is -0.497 e. The summed E-state index contributed by atoms with van der Waals surface area (Å²) in [6, 6.07) is 28.1.